The zero-order valence-corrected chi connectivity index (χ0v) is 17.4. The highest BCUT2D eigenvalue weighted by Crippen LogP contribution is 2.44. The Labute approximate surface area is 177 Å². The van der Waals surface area contributed by atoms with E-state index in [0.29, 0.717) is 19.4 Å². The molecule has 2 aliphatic rings. The predicted molar refractivity (Wildman–Crippen MR) is 115 cm³/mol. The van der Waals surface area contributed by atoms with Crippen molar-refractivity contribution in [2.45, 2.75) is 44.4 Å². The summed E-state index contributed by atoms with van der Waals surface area (Å²) in [6, 6.07) is 15.6. The molecule has 1 aliphatic heterocycles. The first-order valence-corrected chi connectivity index (χ1v) is 10.5. The van der Waals surface area contributed by atoms with Crippen molar-refractivity contribution in [1.29, 1.82) is 0 Å². The Morgan fingerprint density at radius 2 is 1.87 bits per heavy atom. The summed E-state index contributed by atoms with van der Waals surface area (Å²) in [6.07, 6.45) is 2.22. The number of ether oxygens (including phenoxy) is 2. The molecule has 5 heteroatoms. The summed E-state index contributed by atoms with van der Waals surface area (Å²) in [5.74, 6) is 1.33. The van der Waals surface area contributed by atoms with Crippen LogP contribution in [0.5, 0.6) is 11.5 Å². The Balaban J connectivity index is 1.69. The number of carbonyl (C=O) groups is 2. The number of carbonyl (C=O) groups excluding carboxylic acids is 2. The third kappa shape index (κ3) is 3.97. The standard InChI is InChI=1S/C25H27NO4/c1-3-11-30-23-10-5-4-9-19(23)20-15-24(28)26-21-13-17(14-22(27)25(20)21)16-7-6-8-18(12-16)29-2/h4-10,12,17,20H,3,11,13-15H2,1-2H3,(H,26,28). The summed E-state index contributed by atoms with van der Waals surface area (Å²) in [7, 11) is 1.63. The molecule has 2 atom stereocenters. The van der Waals surface area contributed by atoms with Gasteiger partial charge in [0, 0.05) is 35.6 Å². The van der Waals surface area contributed by atoms with Crippen LogP contribution in [0.2, 0.25) is 0 Å². The SMILES string of the molecule is CCCOc1ccccc1C1CC(=O)NC2=C1C(=O)CC(c1cccc(OC)c1)C2. The van der Waals surface area contributed by atoms with Gasteiger partial charge in [-0.1, -0.05) is 37.3 Å². The van der Waals surface area contributed by atoms with Gasteiger partial charge in [0.25, 0.3) is 0 Å². The fraction of sp³-hybridized carbons (Fsp3) is 0.360. The molecule has 0 fully saturated rings. The monoisotopic (exact) mass is 405 g/mol. The molecule has 1 N–H and O–H groups in total. The smallest absolute Gasteiger partial charge is 0.225 e. The van der Waals surface area contributed by atoms with Crippen molar-refractivity contribution < 1.29 is 19.1 Å². The number of nitrogens with one attached hydrogen (secondary N) is 1. The zero-order chi connectivity index (χ0) is 21.1. The molecule has 2 unspecified atom stereocenters. The van der Waals surface area contributed by atoms with Crippen molar-refractivity contribution in [2.75, 3.05) is 13.7 Å². The molecule has 4 rings (SSSR count). The van der Waals surface area contributed by atoms with Gasteiger partial charge in [-0.25, -0.2) is 0 Å². The summed E-state index contributed by atoms with van der Waals surface area (Å²) in [6.45, 7) is 2.66. The van der Waals surface area contributed by atoms with E-state index in [1.54, 1.807) is 7.11 Å². The molecule has 30 heavy (non-hydrogen) atoms. The maximum atomic E-state index is 13.3. The summed E-state index contributed by atoms with van der Waals surface area (Å²) in [5.41, 5.74) is 3.46. The van der Waals surface area contributed by atoms with Gasteiger partial charge >= 0.3 is 0 Å². The average Bonchev–Trinajstić information content (AvgIpc) is 2.77. The minimum Gasteiger partial charge on any atom is -0.497 e. The van der Waals surface area contributed by atoms with E-state index in [9.17, 15) is 9.59 Å². The van der Waals surface area contributed by atoms with E-state index in [2.05, 4.69) is 12.2 Å². The quantitative estimate of drug-likeness (QED) is 0.769. The number of amides is 1. The Morgan fingerprint density at radius 3 is 2.67 bits per heavy atom. The van der Waals surface area contributed by atoms with Crippen molar-refractivity contribution in [3.8, 4) is 11.5 Å². The lowest BCUT2D eigenvalue weighted by molar-refractivity contribution is -0.122. The zero-order valence-electron chi connectivity index (χ0n) is 17.4. The van der Waals surface area contributed by atoms with Crippen LogP contribution in [-0.4, -0.2) is 25.4 Å². The highest BCUT2D eigenvalue weighted by molar-refractivity contribution is 6.02. The second-order valence-corrected chi connectivity index (χ2v) is 7.89. The number of Topliss-reactive ketones (excluding diaryl/α,β-unsaturated/α-hetero) is 1. The fourth-order valence-electron chi connectivity index (χ4n) is 4.47. The second kappa shape index (κ2) is 8.74. The highest BCUT2D eigenvalue weighted by Gasteiger charge is 2.39. The summed E-state index contributed by atoms with van der Waals surface area (Å²) in [5, 5.41) is 2.99. The van der Waals surface area contributed by atoms with Crippen molar-refractivity contribution in [3.63, 3.8) is 0 Å². The van der Waals surface area contributed by atoms with E-state index in [4.69, 9.17) is 9.47 Å². The van der Waals surface area contributed by atoms with Crippen LogP contribution >= 0.6 is 0 Å². The lowest BCUT2D eigenvalue weighted by atomic mass is 9.73. The van der Waals surface area contributed by atoms with Crippen LogP contribution in [0.4, 0.5) is 0 Å². The number of para-hydroxylation sites is 1. The van der Waals surface area contributed by atoms with Crippen LogP contribution in [0.25, 0.3) is 0 Å². The largest absolute Gasteiger partial charge is 0.497 e. The molecule has 1 aliphatic carbocycles. The number of methoxy groups -OCH3 is 1. The van der Waals surface area contributed by atoms with Crippen LogP contribution in [0.15, 0.2) is 59.8 Å². The van der Waals surface area contributed by atoms with E-state index in [1.165, 1.54) is 0 Å². The molecular weight excluding hydrogens is 378 g/mol. The van der Waals surface area contributed by atoms with Gasteiger partial charge in [0.05, 0.1) is 13.7 Å². The fourth-order valence-corrected chi connectivity index (χ4v) is 4.47. The molecule has 0 bridgehead atoms. The van der Waals surface area contributed by atoms with Gasteiger partial charge in [0.1, 0.15) is 11.5 Å². The summed E-state index contributed by atoms with van der Waals surface area (Å²) < 4.78 is 11.3. The van der Waals surface area contributed by atoms with Gasteiger partial charge in [-0.05, 0) is 42.5 Å². The first kappa shape index (κ1) is 20.2. The number of benzene rings is 2. The highest BCUT2D eigenvalue weighted by atomic mass is 16.5. The Hall–Kier alpha value is -3.08. The van der Waals surface area contributed by atoms with Crippen molar-refractivity contribution >= 4 is 11.7 Å². The molecule has 2 aromatic rings. The van der Waals surface area contributed by atoms with Gasteiger partial charge in [-0.3, -0.25) is 9.59 Å². The van der Waals surface area contributed by atoms with E-state index < -0.39 is 0 Å². The molecule has 1 heterocycles. The Bertz CT molecular complexity index is 994. The molecule has 5 nitrogen and oxygen atoms in total. The normalized spacial score (nSPS) is 21.1. The lowest BCUT2D eigenvalue weighted by Crippen LogP contribution is -2.38. The molecule has 0 aromatic heterocycles. The molecule has 0 spiro atoms. The van der Waals surface area contributed by atoms with Gasteiger partial charge in [-0.15, -0.1) is 0 Å². The molecule has 156 valence electrons. The topological polar surface area (TPSA) is 64.6 Å². The van der Waals surface area contributed by atoms with Gasteiger partial charge in [-0.2, -0.15) is 0 Å². The number of rotatable bonds is 6. The number of hydrogen-bond donors (Lipinski definition) is 1. The molecular formula is C25H27NO4. The van der Waals surface area contributed by atoms with Gasteiger partial charge in [0.15, 0.2) is 5.78 Å². The summed E-state index contributed by atoms with van der Waals surface area (Å²) >= 11 is 0. The van der Waals surface area contributed by atoms with Gasteiger partial charge in [0.2, 0.25) is 5.91 Å². The van der Waals surface area contributed by atoms with E-state index >= 15 is 0 Å². The number of ketones is 1. The average molecular weight is 405 g/mol. The van der Waals surface area contributed by atoms with E-state index in [1.807, 2.05) is 48.5 Å². The van der Waals surface area contributed by atoms with Crippen molar-refractivity contribution in [1.82, 2.24) is 5.32 Å². The minimum absolute atomic E-state index is 0.0250. The maximum Gasteiger partial charge on any atom is 0.225 e. The van der Waals surface area contributed by atoms with Gasteiger partial charge < -0.3 is 14.8 Å². The van der Waals surface area contributed by atoms with E-state index in [0.717, 1.165) is 40.3 Å². The second-order valence-electron chi connectivity index (χ2n) is 7.89. The Morgan fingerprint density at radius 1 is 1.03 bits per heavy atom. The first-order valence-electron chi connectivity index (χ1n) is 10.5. The lowest BCUT2D eigenvalue weighted by Gasteiger charge is -2.35. The predicted octanol–water partition coefficient (Wildman–Crippen LogP) is 4.49. The molecule has 1 amide bonds. The third-order valence-electron chi connectivity index (χ3n) is 5.86. The maximum absolute atomic E-state index is 13.3. The van der Waals surface area contributed by atoms with Crippen LogP contribution < -0.4 is 14.8 Å². The minimum atomic E-state index is -0.263. The Kier molecular flexibility index (Phi) is 5.88. The van der Waals surface area contributed by atoms with E-state index in [-0.39, 0.29) is 29.9 Å². The van der Waals surface area contributed by atoms with Crippen LogP contribution in [-0.2, 0) is 9.59 Å². The molecule has 2 aromatic carbocycles. The van der Waals surface area contributed by atoms with Crippen molar-refractivity contribution in [2.24, 2.45) is 0 Å². The number of hydrogen-bond acceptors (Lipinski definition) is 4. The van der Waals surface area contributed by atoms with Crippen LogP contribution in [0, 0.1) is 0 Å². The van der Waals surface area contributed by atoms with Crippen molar-refractivity contribution in [3.05, 3.63) is 70.9 Å². The first-order chi connectivity index (χ1) is 14.6. The van der Waals surface area contributed by atoms with Crippen LogP contribution in [0.3, 0.4) is 0 Å². The number of allylic oxidation sites excluding steroid dienone is 2. The van der Waals surface area contributed by atoms with Crippen LogP contribution in [0.1, 0.15) is 55.6 Å². The molecule has 0 saturated heterocycles. The third-order valence-corrected chi connectivity index (χ3v) is 5.86. The molecule has 0 radical (unpaired) electrons. The summed E-state index contributed by atoms with van der Waals surface area (Å²) in [4.78, 5) is 25.9. The molecule has 0 saturated carbocycles.